The van der Waals surface area contributed by atoms with Crippen LogP contribution in [0.3, 0.4) is 0 Å². The van der Waals surface area contributed by atoms with Crippen LogP contribution in [0.25, 0.3) is 0 Å². The maximum Gasteiger partial charge on any atom is 0.271 e. The van der Waals surface area contributed by atoms with Crippen LogP contribution < -0.4 is 14.8 Å². The first kappa shape index (κ1) is 22.7. The van der Waals surface area contributed by atoms with Crippen LogP contribution in [0, 0.1) is 17.0 Å². The molecule has 0 atom stereocenters. The second kappa shape index (κ2) is 9.43. The Bertz CT molecular complexity index is 1240. The molecule has 0 fully saturated rings. The minimum atomic E-state index is -4.09. The Morgan fingerprint density at radius 2 is 1.94 bits per heavy atom. The monoisotopic (exact) mass is 461 g/mol. The number of sulfonamides is 1. The number of non-ortho nitro benzene ring substituents is 1. The zero-order valence-electron chi connectivity index (χ0n) is 17.1. The highest BCUT2D eigenvalue weighted by molar-refractivity contribution is 7.92. The lowest BCUT2D eigenvalue weighted by molar-refractivity contribution is -0.384. The summed E-state index contributed by atoms with van der Waals surface area (Å²) in [4.78, 5) is 26.5. The second-order valence-electron chi connectivity index (χ2n) is 6.51. The van der Waals surface area contributed by atoms with E-state index in [1.807, 2.05) is 0 Å². The van der Waals surface area contributed by atoms with E-state index in [0.29, 0.717) is 18.1 Å². The fourth-order valence-electron chi connectivity index (χ4n) is 2.71. The molecular weight excluding hydrogens is 442 g/mol. The molecule has 3 aromatic rings. The topological polar surface area (TPSA) is 167 Å². The number of methoxy groups -OCH3 is 1. The highest BCUT2D eigenvalue weighted by Gasteiger charge is 2.20. The van der Waals surface area contributed by atoms with Crippen molar-refractivity contribution in [1.29, 1.82) is 0 Å². The Morgan fingerprint density at radius 1 is 1.22 bits per heavy atom. The number of nitro benzene ring substituents is 1. The smallest absolute Gasteiger partial charge is 0.271 e. The number of rotatable bonds is 9. The van der Waals surface area contributed by atoms with E-state index in [4.69, 9.17) is 9.26 Å². The van der Waals surface area contributed by atoms with E-state index in [9.17, 15) is 23.3 Å². The van der Waals surface area contributed by atoms with Gasteiger partial charge < -0.3 is 14.6 Å². The van der Waals surface area contributed by atoms with Crippen molar-refractivity contribution in [2.75, 3.05) is 18.4 Å². The maximum atomic E-state index is 12.7. The lowest BCUT2D eigenvalue weighted by Crippen LogP contribution is -2.25. The number of nitro groups is 1. The van der Waals surface area contributed by atoms with Crippen molar-refractivity contribution in [2.45, 2.75) is 18.2 Å². The van der Waals surface area contributed by atoms with Gasteiger partial charge in [0.1, 0.15) is 5.75 Å². The van der Waals surface area contributed by atoms with E-state index in [2.05, 4.69) is 20.2 Å². The van der Waals surface area contributed by atoms with Crippen molar-refractivity contribution in [3.8, 4) is 5.75 Å². The number of aromatic nitrogens is 2. The first-order valence-corrected chi connectivity index (χ1v) is 10.7. The molecule has 3 rings (SSSR count). The Morgan fingerprint density at radius 3 is 2.53 bits per heavy atom. The zero-order chi connectivity index (χ0) is 23.3. The molecule has 0 saturated carbocycles. The van der Waals surface area contributed by atoms with Gasteiger partial charge in [-0.2, -0.15) is 4.98 Å². The van der Waals surface area contributed by atoms with Crippen LogP contribution in [-0.2, 0) is 16.4 Å². The second-order valence-corrected chi connectivity index (χ2v) is 8.20. The number of amides is 1. The summed E-state index contributed by atoms with van der Waals surface area (Å²) in [5.41, 5.74) is -0.135. The third-order valence-corrected chi connectivity index (χ3v) is 5.64. The molecule has 0 aliphatic heterocycles. The minimum Gasteiger partial charge on any atom is -0.495 e. The van der Waals surface area contributed by atoms with Crippen LogP contribution >= 0.6 is 0 Å². The van der Waals surface area contributed by atoms with Crippen molar-refractivity contribution in [2.24, 2.45) is 0 Å². The Balaban J connectivity index is 1.68. The number of benzene rings is 2. The van der Waals surface area contributed by atoms with Gasteiger partial charge in [0.05, 0.1) is 22.6 Å². The molecule has 0 bridgehead atoms. The van der Waals surface area contributed by atoms with Gasteiger partial charge in [0.2, 0.25) is 5.89 Å². The summed E-state index contributed by atoms with van der Waals surface area (Å²) in [7, 11) is -2.78. The van der Waals surface area contributed by atoms with E-state index < -0.39 is 20.9 Å². The number of carbonyl (C=O) groups is 1. The third-order valence-electron chi connectivity index (χ3n) is 4.26. The van der Waals surface area contributed by atoms with Gasteiger partial charge in [0.15, 0.2) is 5.82 Å². The summed E-state index contributed by atoms with van der Waals surface area (Å²) in [5, 5.41) is 17.3. The Labute approximate surface area is 182 Å². The van der Waals surface area contributed by atoms with Gasteiger partial charge in [-0.3, -0.25) is 19.6 Å². The number of aryl methyl sites for hydroxylation is 1. The first-order valence-electron chi connectivity index (χ1n) is 9.22. The lowest BCUT2D eigenvalue weighted by atomic mass is 10.2. The predicted octanol–water partition coefficient (Wildman–Crippen LogP) is 2.07. The number of ether oxygens (including phenoxy) is 1. The molecule has 1 aromatic heterocycles. The molecule has 0 radical (unpaired) electrons. The van der Waals surface area contributed by atoms with Crippen molar-refractivity contribution < 1.29 is 27.4 Å². The summed E-state index contributed by atoms with van der Waals surface area (Å²) in [6.45, 7) is 1.94. The van der Waals surface area contributed by atoms with Crippen LogP contribution in [0.1, 0.15) is 22.1 Å². The average molecular weight is 461 g/mol. The van der Waals surface area contributed by atoms with Crippen LogP contribution in [0.2, 0.25) is 0 Å². The first-order chi connectivity index (χ1) is 15.2. The molecular formula is C19H19N5O7S. The highest BCUT2D eigenvalue weighted by Crippen LogP contribution is 2.30. The minimum absolute atomic E-state index is 0.0835. The molecule has 12 nitrogen and oxygen atoms in total. The largest absolute Gasteiger partial charge is 0.495 e. The van der Waals surface area contributed by atoms with Crippen LogP contribution in [-0.4, -0.2) is 43.0 Å². The number of nitrogens with one attached hydrogen (secondary N) is 2. The quantitative estimate of drug-likeness (QED) is 0.358. The van der Waals surface area contributed by atoms with Crippen molar-refractivity contribution >= 4 is 27.3 Å². The SMILES string of the molecule is COc1ccc([N+](=O)[O-])cc1NS(=O)(=O)c1ccc(C(=O)NCCc2nc(C)no2)cc1. The van der Waals surface area contributed by atoms with E-state index in [1.165, 1.54) is 43.5 Å². The third kappa shape index (κ3) is 5.37. The fraction of sp³-hybridized carbons (Fsp3) is 0.211. The standard InChI is InChI=1S/C19H19N5O7S/c1-12-21-18(31-22-12)9-10-20-19(25)13-3-6-15(7-4-13)32(28,29)23-16-11-14(24(26)27)5-8-17(16)30-2/h3-8,11,23H,9-10H2,1-2H3,(H,20,25). The van der Waals surface area contributed by atoms with Crippen molar-refractivity contribution in [3.63, 3.8) is 0 Å². The normalized spacial score (nSPS) is 11.1. The molecule has 1 amide bonds. The van der Waals surface area contributed by atoms with Gasteiger partial charge >= 0.3 is 0 Å². The molecule has 1 heterocycles. The van der Waals surface area contributed by atoms with E-state index in [-0.39, 0.29) is 34.1 Å². The van der Waals surface area contributed by atoms with Gasteiger partial charge in [-0.05, 0) is 37.3 Å². The Kier molecular flexibility index (Phi) is 6.68. The predicted molar refractivity (Wildman–Crippen MR) is 112 cm³/mol. The molecule has 168 valence electrons. The molecule has 0 saturated heterocycles. The molecule has 32 heavy (non-hydrogen) atoms. The van der Waals surface area contributed by atoms with Gasteiger partial charge in [0.25, 0.3) is 21.6 Å². The van der Waals surface area contributed by atoms with Gasteiger partial charge in [-0.15, -0.1) is 0 Å². The summed E-state index contributed by atoms with van der Waals surface area (Å²) in [5.74, 6) is 0.608. The molecule has 13 heteroatoms. The van der Waals surface area contributed by atoms with Crippen LogP contribution in [0.4, 0.5) is 11.4 Å². The van der Waals surface area contributed by atoms with Crippen molar-refractivity contribution in [3.05, 3.63) is 69.9 Å². The fourth-order valence-corrected chi connectivity index (χ4v) is 3.77. The van der Waals surface area contributed by atoms with Gasteiger partial charge in [0, 0.05) is 30.7 Å². The number of nitrogens with zero attached hydrogens (tertiary/aromatic N) is 3. The molecule has 0 unspecified atom stereocenters. The van der Waals surface area contributed by atoms with E-state index >= 15 is 0 Å². The van der Waals surface area contributed by atoms with Gasteiger partial charge in [-0.25, -0.2) is 8.42 Å². The number of hydrogen-bond acceptors (Lipinski definition) is 9. The molecule has 0 aliphatic carbocycles. The number of hydrogen-bond donors (Lipinski definition) is 2. The van der Waals surface area contributed by atoms with Crippen LogP contribution in [0.15, 0.2) is 51.9 Å². The highest BCUT2D eigenvalue weighted by atomic mass is 32.2. The van der Waals surface area contributed by atoms with Gasteiger partial charge in [-0.1, -0.05) is 5.16 Å². The van der Waals surface area contributed by atoms with E-state index in [0.717, 1.165) is 6.07 Å². The zero-order valence-corrected chi connectivity index (χ0v) is 17.9. The summed E-state index contributed by atoms with van der Waals surface area (Å²) in [6, 6.07) is 8.76. The average Bonchev–Trinajstić information content (AvgIpc) is 3.18. The Hall–Kier alpha value is -4.00. The molecule has 0 aliphatic rings. The van der Waals surface area contributed by atoms with E-state index in [1.54, 1.807) is 6.92 Å². The summed E-state index contributed by atoms with van der Waals surface area (Å²) in [6.07, 6.45) is 0.355. The van der Waals surface area contributed by atoms with Crippen LogP contribution in [0.5, 0.6) is 5.75 Å². The molecule has 2 aromatic carbocycles. The lowest BCUT2D eigenvalue weighted by Gasteiger charge is -2.12. The summed E-state index contributed by atoms with van der Waals surface area (Å²) < 4.78 is 37.7. The maximum absolute atomic E-state index is 12.7. The molecule has 0 spiro atoms. The summed E-state index contributed by atoms with van der Waals surface area (Å²) >= 11 is 0. The van der Waals surface area contributed by atoms with Crippen molar-refractivity contribution in [1.82, 2.24) is 15.5 Å². The number of carbonyl (C=O) groups excluding carboxylic acids is 1. The number of anilines is 1. The molecule has 2 N–H and O–H groups in total.